The summed E-state index contributed by atoms with van der Waals surface area (Å²) in [4.78, 5) is 5.63. The molecule has 0 fully saturated rings. The van der Waals surface area contributed by atoms with E-state index in [9.17, 15) is 0 Å². The zero-order valence-electron chi connectivity index (χ0n) is 8.67. The van der Waals surface area contributed by atoms with Gasteiger partial charge in [-0.2, -0.15) is 4.73 Å². The molecule has 3 aromatic rings. The third kappa shape index (κ3) is 1.56. The van der Waals surface area contributed by atoms with Crippen LogP contribution in [0.2, 0.25) is 0 Å². The monoisotopic (exact) mass is 213 g/mol. The van der Waals surface area contributed by atoms with Crippen LogP contribution in [0.25, 0.3) is 11.1 Å². The third-order valence-corrected chi connectivity index (χ3v) is 2.48. The summed E-state index contributed by atoms with van der Waals surface area (Å²) < 4.78 is 6.97. The first-order valence-corrected chi connectivity index (χ1v) is 5.15. The minimum Gasteiger partial charge on any atom is -0.445 e. The van der Waals surface area contributed by atoms with Crippen molar-refractivity contribution in [3.63, 3.8) is 0 Å². The maximum absolute atomic E-state index is 5.63. The van der Waals surface area contributed by atoms with Crippen molar-refractivity contribution in [3.8, 4) is 0 Å². The zero-order valence-corrected chi connectivity index (χ0v) is 8.67. The highest BCUT2D eigenvalue weighted by molar-refractivity contribution is 5.74. The molecule has 3 nitrogen and oxygen atoms in total. The van der Waals surface area contributed by atoms with Crippen molar-refractivity contribution >= 4 is 11.1 Å². The normalized spacial score (nSPS) is 10.8. The van der Waals surface area contributed by atoms with E-state index in [1.54, 1.807) is 11.0 Å². The van der Waals surface area contributed by atoms with Gasteiger partial charge < -0.3 is 9.25 Å². The second-order valence-electron chi connectivity index (χ2n) is 3.58. The number of hydrogen-bond donors (Lipinski definition) is 0. The van der Waals surface area contributed by atoms with Gasteiger partial charge in [0.15, 0.2) is 0 Å². The van der Waals surface area contributed by atoms with Gasteiger partial charge in [0.1, 0.15) is 6.61 Å². The number of furan rings is 1. The summed E-state index contributed by atoms with van der Waals surface area (Å²) in [5.41, 5.74) is 1.88. The van der Waals surface area contributed by atoms with E-state index < -0.39 is 0 Å². The molecule has 0 radical (unpaired) electrons. The van der Waals surface area contributed by atoms with Gasteiger partial charge in [0.2, 0.25) is 5.71 Å². The first-order valence-electron chi connectivity index (χ1n) is 5.15. The predicted octanol–water partition coefficient (Wildman–Crippen LogP) is 2.86. The fourth-order valence-corrected chi connectivity index (χ4v) is 1.65. The second kappa shape index (κ2) is 3.77. The van der Waals surface area contributed by atoms with Gasteiger partial charge in [0.05, 0.1) is 6.26 Å². The van der Waals surface area contributed by atoms with Gasteiger partial charge in [-0.1, -0.05) is 30.3 Å². The molecular formula is C13H11NO2. The van der Waals surface area contributed by atoms with Crippen molar-refractivity contribution in [2.24, 2.45) is 0 Å². The maximum atomic E-state index is 5.63. The number of benzene rings is 1. The Morgan fingerprint density at radius 3 is 2.81 bits per heavy atom. The van der Waals surface area contributed by atoms with Crippen LogP contribution in [0.5, 0.6) is 0 Å². The predicted molar refractivity (Wildman–Crippen MR) is 60.9 cm³/mol. The van der Waals surface area contributed by atoms with Crippen LogP contribution in [0.15, 0.2) is 59.3 Å². The molecule has 0 spiro atoms. The number of fused-ring (bicyclic) bond motifs is 1. The van der Waals surface area contributed by atoms with Gasteiger partial charge in [-0.05, 0) is 17.7 Å². The molecule has 1 aromatic carbocycles. The van der Waals surface area contributed by atoms with E-state index in [1.807, 2.05) is 48.7 Å². The first-order chi connectivity index (χ1) is 7.93. The van der Waals surface area contributed by atoms with Crippen LogP contribution < -0.4 is 4.84 Å². The van der Waals surface area contributed by atoms with E-state index in [0.29, 0.717) is 6.61 Å². The Hall–Kier alpha value is -2.16. The summed E-state index contributed by atoms with van der Waals surface area (Å²) in [6.07, 6.45) is 3.52. The number of hydrogen-bond acceptors (Lipinski definition) is 2. The molecule has 2 heterocycles. The van der Waals surface area contributed by atoms with Crippen molar-refractivity contribution in [1.29, 1.82) is 0 Å². The highest BCUT2D eigenvalue weighted by atomic mass is 16.7. The maximum Gasteiger partial charge on any atom is 0.239 e. The van der Waals surface area contributed by atoms with E-state index in [2.05, 4.69) is 0 Å². The molecule has 0 N–H and O–H groups in total. The van der Waals surface area contributed by atoms with Crippen LogP contribution in [-0.2, 0) is 6.61 Å². The molecule has 3 heteroatoms. The molecule has 0 amide bonds. The van der Waals surface area contributed by atoms with Crippen molar-refractivity contribution in [1.82, 2.24) is 4.73 Å². The number of aromatic nitrogens is 1. The minimum absolute atomic E-state index is 0.533. The Balaban J connectivity index is 1.79. The summed E-state index contributed by atoms with van der Waals surface area (Å²) in [5.74, 6) is 0. The van der Waals surface area contributed by atoms with Crippen LogP contribution in [0, 0.1) is 0 Å². The van der Waals surface area contributed by atoms with Crippen molar-refractivity contribution < 1.29 is 9.25 Å². The lowest BCUT2D eigenvalue weighted by molar-refractivity contribution is 0.100. The molecule has 0 saturated heterocycles. The SMILES string of the molecule is c1ccc(COn2ccc3ccoc32)cc1. The molecule has 0 aliphatic rings. The molecule has 0 atom stereocenters. The van der Waals surface area contributed by atoms with Gasteiger partial charge >= 0.3 is 0 Å². The number of rotatable bonds is 3. The molecule has 16 heavy (non-hydrogen) atoms. The third-order valence-electron chi connectivity index (χ3n) is 2.48. The lowest BCUT2D eigenvalue weighted by Crippen LogP contribution is -2.09. The Kier molecular flexibility index (Phi) is 2.14. The van der Waals surface area contributed by atoms with Gasteiger partial charge in [0, 0.05) is 11.6 Å². The van der Waals surface area contributed by atoms with Crippen LogP contribution in [0.4, 0.5) is 0 Å². The second-order valence-corrected chi connectivity index (χ2v) is 3.58. The van der Waals surface area contributed by atoms with Crippen LogP contribution in [-0.4, -0.2) is 4.73 Å². The first kappa shape index (κ1) is 9.09. The fraction of sp³-hybridized carbons (Fsp3) is 0.0769. The Labute approximate surface area is 92.8 Å². The average molecular weight is 213 g/mol. The van der Waals surface area contributed by atoms with E-state index in [4.69, 9.17) is 9.25 Å². The Bertz CT molecular complexity index is 580. The average Bonchev–Trinajstić information content (AvgIpc) is 2.90. The minimum atomic E-state index is 0.533. The smallest absolute Gasteiger partial charge is 0.239 e. The Morgan fingerprint density at radius 1 is 1.06 bits per heavy atom. The molecule has 0 saturated carbocycles. The van der Waals surface area contributed by atoms with E-state index in [1.165, 1.54) is 0 Å². The van der Waals surface area contributed by atoms with Crippen molar-refractivity contribution in [3.05, 3.63) is 60.5 Å². The highest BCUT2D eigenvalue weighted by Crippen LogP contribution is 2.15. The van der Waals surface area contributed by atoms with Crippen molar-refractivity contribution in [2.75, 3.05) is 0 Å². The molecule has 0 aliphatic carbocycles. The van der Waals surface area contributed by atoms with Gasteiger partial charge in [-0.25, -0.2) is 0 Å². The van der Waals surface area contributed by atoms with Gasteiger partial charge in [0.25, 0.3) is 0 Å². The Morgan fingerprint density at radius 2 is 1.94 bits per heavy atom. The lowest BCUT2D eigenvalue weighted by atomic mass is 10.2. The zero-order chi connectivity index (χ0) is 10.8. The molecule has 0 unspecified atom stereocenters. The summed E-state index contributed by atoms with van der Waals surface area (Å²) in [6, 6.07) is 13.9. The van der Waals surface area contributed by atoms with Crippen LogP contribution in [0.3, 0.4) is 0 Å². The largest absolute Gasteiger partial charge is 0.445 e. The van der Waals surface area contributed by atoms with Crippen LogP contribution >= 0.6 is 0 Å². The van der Waals surface area contributed by atoms with Crippen molar-refractivity contribution in [2.45, 2.75) is 6.61 Å². The quantitative estimate of drug-likeness (QED) is 0.669. The van der Waals surface area contributed by atoms with Gasteiger partial charge in [-0.3, -0.25) is 0 Å². The van der Waals surface area contributed by atoms with E-state index in [-0.39, 0.29) is 0 Å². The van der Waals surface area contributed by atoms with Crippen LogP contribution in [0.1, 0.15) is 5.56 Å². The highest BCUT2D eigenvalue weighted by Gasteiger charge is 2.03. The number of nitrogens with zero attached hydrogens (tertiary/aromatic N) is 1. The molecule has 80 valence electrons. The summed E-state index contributed by atoms with van der Waals surface area (Å²) in [7, 11) is 0. The van der Waals surface area contributed by atoms with E-state index >= 15 is 0 Å². The standard InChI is InChI=1S/C13H11NO2/c1-2-4-11(5-3-1)10-16-14-8-6-12-7-9-15-13(12)14/h1-9H,10H2. The molecule has 0 aliphatic heterocycles. The summed E-state index contributed by atoms with van der Waals surface area (Å²) in [5, 5.41) is 1.05. The van der Waals surface area contributed by atoms with E-state index in [0.717, 1.165) is 16.7 Å². The molecular weight excluding hydrogens is 202 g/mol. The van der Waals surface area contributed by atoms with Gasteiger partial charge in [-0.15, -0.1) is 0 Å². The molecule has 0 bridgehead atoms. The molecule has 2 aromatic heterocycles. The lowest BCUT2D eigenvalue weighted by Gasteiger charge is -2.05. The molecule has 3 rings (SSSR count). The fourth-order valence-electron chi connectivity index (χ4n) is 1.65. The summed E-state index contributed by atoms with van der Waals surface area (Å²) >= 11 is 0. The topological polar surface area (TPSA) is 27.3 Å². The summed E-state index contributed by atoms with van der Waals surface area (Å²) in [6.45, 7) is 0.533.